The van der Waals surface area contributed by atoms with Crippen LogP contribution in [0.2, 0.25) is 0 Å². The van der Waals surface area contributed by atoms with Crippen LogP contribution in [0.15, 0.2) is 24.4 Å². The molecule has 0 radical (unpaired) electrons. The molecule has 1 rings (SSSR count). The summed E-state index contributed by atoms with van der Waals surface area (Å²) in [6.07, 6.45) is 1.69. The maximum atomic E-state index is 4.80. The standard InChI is InChI=1S/C6H7NO.2ClH.Mg/c1-8-6-4-2-3-5-7-6;;;/h2-5H,1H3;2*1H;/q;;;+2/p-2. The number of halogens is 2. The van der Waals surface area contributed by atoms with E-state index in [4.69, 9.17) is 4.74 Å². The Morgan fingerprint density at radius 2 is 1.91 bits per heavy atom. The molecule has 1 aromatic rings. The summed E-state index contributed by atoms with van der Waals surface area (Å²) < 4.78 is 4.80. The van der Waals surface area contributed by atoms with Crippen LogP contribution in [0.3, 0.4) is 0 Å². The Labute approximate surface area is 94.7 Å². The second kappa shape index (κ2) is 10.3. The molecule has 0 aliphatic rings. The number of hydrogen-bond donors (Lipinski definition) is 0. The van der Waals surface area contributed by atoms with Crippen LogP contribution in [0, 0.1) is 0 Å². The fraction of sp³-hybridized carbons (Fsp3) is 0.167. The van der Waals surface area contributed by atoms with Gasteiger partial charge in [-0.3, -0.25) is 0 Å². The van der Waals surface area contributed by atoms with Crippen molar-refractivity contribution >= 4 is 23.1 Å². The number of pyridine rings is 1. The summed E-state index contributed by atoms with van der Waals surface area (Å²) >= 11 is 0. The van der Waals surface area contributed by atoms with Crippen LogP contribution in [0.5, 0.6) is 5.88 Å². The fourth-order valence-corrected chi connectivity index (χ4v) is 0.468. The van der Waals surface area contributed by atoms with Gasteiger partial charge in [0.25, 0.3) is 0 Å². The van der Waals surface area contributed by atoms with E-state index >= 15 is 0 Å². The molecule has 0 amide bonds. The van der Waals surface area contributed by atoms with Crippen LogP contribution in [-0.2, 0) is 0 Å². The molecule has 58 valence electrons. The fourth-order valence-electron chi connectivity index (χ4n) is 0.468. The minimum atomic E-state index is 0. The van der Waals surface area contributed by atoms with E-state index in [1.54, 1.807) is 19.4 Å². The summed E-state index contributed by atoms with van der Waals surface area (Å²) in [4.78, 5) is 3.88. The van der Waals surface area contributed by atoms with Crippen molar-refractivity contribution in [3.8, 4) is 5.88 Å². The number of aromatic nitrogens is 1. The summed E-state index contributed by atoms with van der Waals surface area (Å²) in [7, 11) is 1.60. The Balaban J connectivity index is -0.000000213. The van der Waals surface area contributed by atoms with Gasteiger partial charge in [-0.2, -0.15) is 0 Å². The Hall–Kier alpha value is 0.296. The zero-order valence-corrected chi connectivity index (χ0v) is 9.05. The Kier molecular flexibility index (Phi) is 16.3. The molecule has 2 nitrogen and oxygen atoms in total. The minimum Gasteiger partial charge on any atom is -1.00 e. The van der Waals surface area contributed by atoms with Crippen molar-refractivity contribution in [2.24, 2.45) is 0 Å². The van der Waals surface area contributed by atoms with Gasteiger partial charge in [0.15, 0.2) is 0 Å². The van der Waals surface area contributed by atoms with Gasteiger partial charge in [-0.05, 0) is 6.07 Å². The van der Waals surface area contributed by atoms with Crippen molar-refractivity contribution in [1.29, 1.82) is 0 Å². The predicted molar refractivity (Wildman–Crippen MR) is 36.5 cm³/mol. The summed E-state index contributed by atoms with van der Waals surface area (Å²) in [5.41, 5.74) is 0. The van der Waals surface area contributed by atoms with Gasteiger partial charge >= 0.3 is 23.1 Å². The number of methoxy groups -OCH3 is 1. The van der Waals surface area contributed by atoms with E-state index < -0.39 is 0 Å². The van der Waals surface area contributed by atoms with Gasteiger partial charge in [0.2, 0.25) is 5.88 Å². The molecule has 0 saturated heterocycles. The quantitative estimate of drug-likeness (QED) is 0.427. The second-order valence-corrected chi connectivity index (χ2v) is 1.37. The van der Waals surface area contributed by atoms with Crippen molar-refractivity contribution in [1.82, 2.24) is 4.98 Å². The van der Waals surface area contributed by atoms with Crippen molar-refractivity contribution in [3.05, 3.63) is 24.4 Å². The summed E-state index contributed by atoms with van der Waals surface area (Å²) in [6.45, 7) is 0. The van der Waals surface area contributed by atoms with Gasteiger partial charge in [0.05, 0.1) is 7.11 Å². The van der Waals surface area contributed by atoms with Gasteiger partial charge in [-0.1, -0.05) is 6.07 Å². The molecular weight excluding hydrogens is 197 g/mol. The van der Waals surface area contributed by atoms with Gasteiger partial charge in [-0.15, -0.1) is 0 Å². The van der Waals surface area contributed by atoms with Crippen molar-refractivity contribution in [3.63, 3.8) is 0 Å². The Morgan fingerprint density at radius 1 is 1.27 bits per heavy atom. The molecule has 1 heterocycles. The topological polar surface area (TPSA) is 22.1 Å². The van der Waals surface area contributed by atoms with Gasteiger partial charge in [-0.25, -0.2) is 4.98 Å². The molecule has 0 fully saturated rings. The van der Waals surface area contributed by atoms with Gasteiger partial charge in [0.1, 0.15) is 0 Å². The maximum absolute atomic E-state index is 4.80. The molecule has 0 bridgehead atoms. The van der Waals surface area contributed by atoms with E-state index in [0.717, 1.165) is 0 Å². The minimum absolute atomic E-state index is 0. The first-order valence-corrected chi connectivity index (χ1v) is 2.38. The number of hydrogen-bond acceptors (Lipinski definition) is 2. The van der Waals surface area contributed by atoms with Crippen molar-refractivity contribution < 1.29 is 29.6 Å². The molecule has 0 unspecified atom stereocenters. The molecule has 0 aliphatic carbocycles. The molecule has 0 atom stereocenters. The van der Waals surface area contributed by atoms with Crippen LogP contribution in [0.25, 0.3) is 0 Å². The number of rotatable bonds is 1. The van der Waals surface area contributed by atoms with E-state index in [2.05, 4.69) is 4.98 Å². The van der Waals surface area contributed by atoms with Crippen LogP contribution < -0.4 is 29.6 Å². The van der Waals surface area contributed by atoms with Crippen molar-refractivity contribution in [2.45, 2.75) is 0 Å². The third-order valence-corrected chi connectivity index (χ3v) is 0.847. The zero-order chi connectivity index (χ0) is 5.82. The van der Waals surface area contributed by atoms with Crippen molar-refractivity contribution in [2.75, 3.05) is 7.11 Å². The molecule has 11 heavy (non-hydrogen) atoms. The average Bonchev–Trinajstić information content (AvgIpc) is 1.90. The first-order valence-electron chi connectivity index (χ1n) is 2.38. The van der Waals surface area contributed by atoms with Crippen LogP contribution in [0.4, 0.5) is 0 Å². The van der Waals surface area contributed by atoms with Crippen LogP contribution >= 0.6 is 0 Å². The van der Waals surface area contributed by atoms with E-state index in [1.807, 2.05) is 12.1 Å². The number of nitrogens with zero attached hydrogens (tertiary/aromatic N) is 1. The normalized spacial score (nSPS) is 6.27. The predicted octanol–water partition coefficient (Wildman–Crippen LogP) is -5.28. The largest absolute Gasteiger partial charge is 2.00 e. The second-order valence-electron chi connectivity index (χ2n) is 1.37. The molecule has 0 spiro atoms. The van der Waals surface area contributed by atoms with Gasteiger partial charge in [0, 0.05) is 12.3 Å². The first-order chi connectivity index (χ1) is 3.93. The first kappa shape index (κ1) is 17.4. The van der Waals surface area contributed by atoms with Crippen LogP contribution in [-0.4, -0.2) is 35.1 Å². The van der Waals surface area contributed by atoms with Crippen LogP contribution in [0.1, 0.15) is 0 Å². The van der Waals surface area contributed by atoms with E-state index in [1.165, 1.54) is 0 Å². The molecule has 1 aromatic heterocycles. The Morgan fingerprint density at radius 3 is 2.18 bits per heavy atom. The van der Waals surface area contributed by atoms with Gasteiger partial charge < -0.3 is 29.6 Å². The van der Waals surface area contributed by atoms with E-state index in [0.29, 0.717) is 5.88 Å². The summed E-state index contributed by atoms with van der Waals surface area (Å²) in [6, 6.07) is 5.54. The average molecular weight is 204 g/mol. The van der Waals surface area contributed by atoms with E-state index in [9.17, 15) is 0 Å². The summed E-state index contributed by atoms with van der Waals surface area (Å²) in [5, 5.41) is 0. The maximum Gasteiger partial charge on any atom is 2.00 e. The number of ether oxygens (including phenoxy) is 1. The SMILES string of the molecule is COc1ccccn1.[Cl-].[Cl-].[Mg+2]. The zero-order valence-electron chi connectivity index (χ0n) is 6.13. The van der Waals surface area contributed by atoms with E-state index in [-0.39, 0.29) is 47.9 Å². The third kappa shape index (κ3) is 6.68. The molecular formula is C6H7Cl2MgNO. The third-order valence-electron chi connectivity index (χ3n) is 0.847. The molecule has 0 saturated carbocycles. The molecule has 0 N–H and O–H groups in total. The Bertz CT molecular complexity index is 162. The molecule has 0 aliphatic heterocycles. The summed E-state index contributed by atoms with van der Waals surface area (Å²) in [5.74, 6) is 0.660. The monoisotopic (exact) mass is 203 g/mol. The molecule has 0 aromatic carbocycles. The molecule has 5 heteroatoms. The smallest absolute Gasteiger partial charge is 1.00 e.